The van der Waals surface area contributed by atoms with Gasteiger partial charge in [0.2, 0.25) is 0 Å². The zero-order chi connectivity index (χ0) is 14.5. The quantitative estimate of drug-likeness (QED) is 0.735. The summed E-state index contributed by atoms with van der Waals surface area (Å²) in [5, 5.41) is 3.65. The predicted octanol–water partition coefficient (Wildman–Crippen LogP) is 5.06. The standard InChI is InChI=1S/C16H23BrN2S/c1-4-8-18-16(12(2)3)13-7-9-19(10-13)11-14-5-6-15(17)20-14/h5-7,9-10,12,16,18H,4,8,11H2,1-3H3. The molecule has 0 amide bonds. The molecule has 2 aromatic rings. The lowest BCUT2D eigenvalue weighted by Crippen LogP contribution is -2.26. The molecule has 2 heterocycles. The van der Waals surface area contributed by atoms with E-state index < -0.39 is 0 Å². The molecule has 2 aromatic heterocycles. The first-order valence-corrected chi connectivity index (χ1v) is 8.84. The first-order valence-electron chi connectivity index (χ1n) is 7.23. The summed E-state index contributed by atoms with van der Waals surface area (Å²) in [6.45, 7) is 8.80. The van der Waals surface area contributed by atoms with Crippen LogP contribution in [0.1, 0.15) is 43.7 Å². The van der Waals surface area contributed by atoms with Gasteiger partial charge in [-0.2, -0.15) is 0 Å². The molecule has 1 atom stereocenters. The lowest BCUT2D eigenvalue weighted by molar-refractivity contribution is 0.412. The van der Waals surface area contributed by atoms with Gasteiger partial charge in [0, 0.05) is 23.3 Å². The molecule has 0 spiro atoms. The predicted molar refractivity (Wildman–Crippen MR) is 91.4 cm³/mol. The fourth-order valence-corrected chi connectivity index (χ4v) is 3.89. The Balaban J connectivity index is 2.06. The lowest BCUT2D eigenvalue weighted by atomic mass is 9.98. The number of aromatic nitrogens is 1. The van der Waals surface area contributed by atoms with Crippen LogP contribution in [-0.2, 0) is 6.54 Å². The van der Waals surface area contributed by atoms with Gasteiger partial charge in [0.05, 0.1) is 10.3 Å². The topological polar surface area (TPSA) is 17.0 Å². The molecule has 2 rings (SSSR count). The van der Waals surface area contributed by atoms with Crippen molar-refractivity contribution >= 4 is 27.3 Å². The van der Waals surface area contributed by atoms with E-state index in [2.05, 4.69) is 77.2 Å². The number of thiophene rings is 1. The fourth-order valence-electron chi connectivity index (χ4n) is 2.40. The summed E-state index contributed by atoms with van der Waals surface area (Å²) in [6.07, 6.45) is 5.64. The first kappa shape index (κ1) is 15.8. The van der Waals surface area contributed by atoms with E-state index in [0.29, 0.717) is 12.0 Å². The smallest absolute Gasteiger partial charge is 0.0702 e. The van der Waals surface area contributed by atoms with Crippen molar-refractivity contribution in [3.8, 4) is 0 Å². The van der Waals surface area contributed by atoms with Crippen molar-refractivity contribution in [3.63, 3.8) is 0 Å². The monoisotopic (exact) mass is 354 g/mol. The molecule has 0 bridgehead atoms. The Morgan fingerprint density at radius 2 is 2.10 bits per heavy atom. The second-order valence-electron chi connectivity index (χ2n) is 5.50. The van der Waals surface area contributed by atoms with Crippen molar-refractivity contribution in [1.29, 1.82) is 0 Å². The van der Waals surface area contributed by atoms with Gasteiger partial charge in [-0.25, -0.2) is 0 Å². The van der Waals surface area contributed by atoms with Crippen LogP contribution in [0.3, 0.4) is 0 Å². The Morgan fingerprint density at radius 3 is 2.70 bits per heavy atom. The van der Waals surface area contributed by atoms with Crippen LogP contribution in [0.4, 0.5) is 0 Å². The van der Waals surface area contributed by atoms with E-state index in [1.165, 1.54) is 20.6 Å². The van der Waals surface area contributed by atoms with Crippen LogP contribution < -0.4 is 5.32 Å². The third-order valence-electron chi connectivity index (χ3n) is 3.38. The Morgan fingerprint density at radius 1 is 1.30 bits per heavy atom. The summed E-state index contributed by atoms with van der Waals surface area (Å²) in [7, 11) is 0. The van der Waals surface area contributed by atoms with Crippen molar-refractivity contribution in [2.75, 3.05) is 6.54 Å². The summed E-state index contributed by atoms with van der Waals surface area (Å²) in [6, 6.07) is 7.00. The number of halogens is 1. The molecule has 20 heavy (non-hydrogen) atoms. The van der Waals surface area contributed by atoms with E-state index in [1.54, 1.807) is 11.3 Å². The summed E-state index contributed by atoms with van der Waals surface area (Å²) >= 11 is 5.32. The van der Waals surface area contributed by atoms with Gasteiger partial charge in [-0.3, -0.25) is 0 Å². The maximum atomic E-state index is 3.65. The highest BCUT2D eigenvalue weighted by Gasteiger charge is 2.15. The highest BCUT2D eigenvalue weighted by Crippen LogP contribution is 2.25. The number of nitrogens with zero attached hydrogens (tertiary/aromatic N) is 1. The van der Waals surface area contributed by atoms with Crippen molar-refractivity contribution in [3.05, 3.63) is 44.8 Å². The maximum Gasteiger partial charge on any atom is 0.0702 e. The molecule has 0 fully saturated rings. The van der Waals surface area contributed by atoms with Gasteiger partial charge in [-0.1, -0.05) is 20.8 Å². The van der Waals surface area contributed by atoms with E-state index in [1.807, 2.05) is 0 Å². The number of rotatable bonds is 7. The van der Waals surface area contributed by atoms with E-state index in [0.717, 1.165) is 13.1 Å². The second kappa shape index (κ2) is 7.43. The molecule has 0 saturated carbocycles. The SMILES string of the molecule is CCCNC(c1ccn(Cc2ccc(Br)s2)c1)C(C)C. The van der Waals surface area contributed by atoms with E-state index in [-0.39, 0.29) is 0 Å². The highest BCUT2D eigenvalue weighted by atomic mass is 79.9. The van der Waals surface area contributed by atoms with E-state index in [9.17, 15) is 0 Å². The van der Waals surface area contributed by atoms with Crippen LogP contribution in [0, 0.1) is 5.92 Å². The van der Waals surface area contributed by atoms with Crippen molar-refractivity contribution in [2.45, 2.75) is 39.8 Å². The second-order valence-corrected chi connectivity index (χ2v) is 8.05. The average Bonchev–Trinajstić information content (AvgIpc) is 3.00. The van der Waals surface area contributed by atoms with E-state index >= 15 is 0 Å². The molecule has 4 heteroatoms. The molecule has 0 aliphatic rings. The maximum absolute atomic E-state index is 3.65. The molecular weight excluding hydrogens is 332 g/mol. The van der Waals surface area contributed by atoms with Gasteiger partial charge in [0.15, 0.2) is 0 Å². The molecule has 0 aliphatic heterocycles. The van der Waals surface area contributed by atoms with Crippen LogP contribution in [0.5, 0.6) is 0 Å². The minimum atomic E-state index is 0.450. The Bertz CT molecular complexity index is 530. The Hall–Kier alpha value is -0.580. The van der Waals surface area contributed by atoms with Gasteiger partial charge in [-0.05, 0) is 58.6 Å². The van der Waals surface area contributed by atoms with Crippen LogP contribution in [-0.4, -0.2) is 11.1 Å². The Kier molecular flexibility index (Phi) is 5.87. The zero-order valence-corrected chi connectivity index (χ0v) is 14.8. The number of nitrogens with one attached hydrogen (secondary N) is 1. The van der Waals surface area contributed by atoms with Gasteiger partial charge in [0.25, 0.3) is 0 Å². The van der Waals surface area contributed by atoms with Crippen LogP contribution in [0.25, 0.3) is 0 Å². The van der Waals surface area contributed by atoms with Crippen LogP contribution in [0.15, 0.2) is 34.4 Å². The molecule has 110 valence electrons. The average molecular weight is 355 g/mol. The minimum Gasteiger partial charge on any atom is -0.349 e. The highest BCUT2D eigenvalue weighted by molar-refractivity contribution is 9.11. The number of hydrogen-bond donors (Lipinski definition) is 1. The van der Waals surface area contributed by atoms with Gasteiger partial charge in [0.1, 0.15) is 0 Å². The zero-order valence-electron chi connectivity index (χ0n) is 12.4. The first-order chi connectivity index (χ1) is 9.60. The third kappa shape index (κ3) is 4.21. The van der Waals surface area contributed by atoms with Gasteiger partial charge in [-0.15, -0.1) is 11.3 Å². The summed E-state index contributed by atoms with van der Waals surface area (Å²) in [5.41, 5.74) is 1.39. The molecule has 1 unspecified atom stereocenters. The summed E-state index contributed by atoms with van der Waals surface area (Å²) < 4.78 is 3.47. The summed E-state index contributed by atoms with van der Waals surface area (Å²) in [5.74, 6) is 0.605. The minimum absolute atomic E-state index is 0.450. The third-order valence-corrected chi connectivity index (χ3v) is 4.99. The summed E-state index contributed by atoms with van der Waals surface area (Å²) in [4.78, 5) is 1.38. The molecule has 0 aromatic carbocycles. The van der Waals surface area contributed by atoms with E-state index in [4.69, 9.17) is 0 Å². The largest absolute Gasteiger partial charge is 0.349 e. The van der Waals surface area contributed by atoms with Crippen molar-refractivity contribution in [2.24, 2.45) is 5.92 Å². The van der Waals surface area contributed by atoms with Crippen molar-refractivity contribution in [1.82, 2.24) is 9.88 Å². The van der Waals surface area contributed by atoms with Crippen LogP contribution >= 0.6 is 27.3 Å². The van der Waals surface area contributed by atoms with Crippen LogP contribution in [0.2, 0.25) is 0 Å². The molecule has 0 radical (unpaired) electrons. The molecule has 0 aliphatic carbocycles. The van der Waals surface area contributed by atoms with Crippen molar-refractivity contribution < 1.29 is 0 Å². The molecule has 1 N–H and O–H groups in total. The normalized spacial score (nSPS) is 13.1. The number of hydrogen-bond acceptors (Lipinski definition) is 2. The van der Waals surface area contributed by atoms with Gasteiger partial charge >= 0.3 is 0 Å². The van der Waals surface area contributed by atoms with Gasteiger partial charge < -0.3 is 9.88 Å². The molecule has 2 nitrogen and oxygen atoms in total. The molecular formula is C16H23BrN2S. The Labute approximate surface area is 134 Å². The molecule has 0 saturated heterocycles. The fraction of sp³-hybridized carbons (Fsp3) is 0.500. The lowest BCUT2D eigenvalue weighted by Gasteiger charge is -2.21.